The van der Waals surface area contributed by atoms with Crippen LogP contribution in [-0.2, 0) is 95.4 Å². The minimum Gasteiger partial charge on any atom is -0.396 e. The van der Waals surface area contributed by atoms with Crippen molar-refractivity contribution in [2.24, 2.45) is 56.2 Å². The van der Waals surface area contributed by atoms with Crippen LogP contribution < -0.4 is 0 Å². The lowest BCUT2D eigenvalue weighted by Crippen LogP contribution is -2.52. The predicted molar refractivity (Wildman–Crippen MR) is 375 cm³/mol. The second-order valence-corrected chi connectivity index (χ2v) is 32.2. The van der Waals surface area contributed by atoms with E-state index in [0.717, 1.165) is 107 Å². The van der Waals surface area contributed by atoms with Crippen molar-refractivity contribution in [2.75, 3.05) is 66.1 Å². The van der Waals surface area contributed by atoms with Crippen molar-refractivity contribution in [2.45, 2.75) is 252 Å². The molecule has 0 amide bonds. The zero-order valence-electron chi connectivity index (χ0n) is 62.5. The highest BCUT2D eigenvalue weighted by atomic mass is 16.8. The minimum absolute atomic E-state index is 0.00116. The van der Waals surface area contributed by atoms with Crippen LogP contribution in [0.1, 0.15) is 229 Å². The SMILES string of the molecule is C=C1C(=O)CC[C@]2(C)C1CCC21OCCO1.C=CC(C)=O.CC(=O)CCC1(C)C(=O)CCC1=O.CC1C(=O)CCC1=O.C[C@@]12CCC(=O)C(CO)=C1CCC21OCCO1.C[C@@]12CCC(=O)C(CO)C1CCC21OCCO1.C[C@@]12CCC(=O)C=C1CCC21OCCO1.C[C@@]12CCC(=O)C=C1CCC2=O. The normalized spacial score (nSPS) is 34.0. The van der Waals surface area contributed by atoms with Gasteiger partial charge in [-0.25, -0.2) is 0 Å². The maximum Gasteiger partial charge on any atom is 0.177 e. The molecule has 16 aliphatic rings. The van der Waals surface area contributed by atoms with Gasteiger partial charge in [0, 0.05) is 135 Å². The lowest BCUT2D eigenvalue weighted by molar-refractivity contribution is -0.234. The van der Waals surface area contributed by atoms with Crippen LogP contribution >= 0.6 is 0 Å². The van der Waals surface area contributed by atoms with Gasteiger partial charge in [0.15, 0.2) is 52.1 Å². The molecule has 9 saturated carbocycles. The Labute approximate surface area is 606 Å². The van der Waals surface area contributed by atoms with Gasteiger partial charge in [-0.3, -0.25) is 52.7 Å². The molecular formula is C81H112O22. The highest BCUT2D eigenvalue weighted by molar-refractivity contribution is 6.12. The number of aliphatic hydroxyl groups excluding tert-OH is 2. The molecule has 8 atom stereocenters. The predicted octanol–water partition coefficient (Wildman–Crippen LogP) is 10.4. The number of ether oxygens (including phenoxy) is 8. The van der Waals surface area contributed by atoms with Gasteiger partial charge in [0.25, 0.3) is 0 Å². The van der Waals surface area contributed by atoms with Crippen LogP contribution in [0.15, 0.2) is 59.3 Å². The molecule has 22 heteroatoms. The Hall–Kier alpha value is -5.66. The standard InChI is InChI=1S/C13H20O4.C13H18O4.C13H18O3.C12H16O3.C10H14O3.C10H12O2.C6H8O2.C4H6O/c2*1-12-4-3-11(15)9(8-14)10(12)2-5-13(12)16-6-7-17-13;1-9-10-3-6-13(15-7-8-16-13)12(10,2)5-4-11(9)14;1-11-4-3-10(13)8-9(11)2-5-12(11)14-6-7-15-12;1-7(11)5-6-10(2)8(12)3-4-9(10)13;1-10-5-4-8(11)6-7(10)2-3-9(10)12;1-4-5(7)2-3-6(4)8;1-3-4(2)5/h9-10,14H,2-8H2,1H3;14H,2-8H2,1H3;10H,1,3-8H2,2H3;8H,2-7H2,1H3;3-6H2,1-2H3;6H,2-5H2,1H3;4H,2-3H2,1H3;3H,1H2,2H3/t9?,10?,12-;12-;10?,12-;11-;;10-;;/m1111.1../s1. The van der Waals surface area contributed by atoms with Crippen molar-refractivity contribution in [1.29, 1.82) is 0 Å². The van der Waals surface area contributed by atoms with Crippen molar-refractivity contribution < 1.29 is 106 Å². The molecule has 0 aromatic heterocycles. The Kier molecular flexibility index (Phi) is 25.6. The molecule has 12 aliphatic carbocycles. The molecule has 568 valence electrons. The zero-order chi connectivity index (χ0) is 75.4. The first-order valence-electron chi connectivity index (χ1n) is 37.7. The van der Waals surface area contributed by atoms with E-state index in [9.17, 15) is 67.7 Å². The van der Waals surface area contributed by atoms with E-state index in [1.165, 1.54) is 25.5 Å². The van der Waals surface area contributed by atoms with Gasteiger partial charge < -0.3 is 52.9 Å². The van der Waals surface area contributed by atoms with Crippen molar-refractivity contribution in [1.82, 2.24) is 0 Å². The van der Waals surface area contributed by atoms with Gasteiger partial charge in [0.05, 0.1) is 77.4 Å². The monoisotopic (exact) mass is 1440 g/mol. The summed E-state index contributed by atoms with van der Waals surface area (Å²) in [5.41, 5.74) is 3.22. The number of ketones is 12. The summed E-state index contributed by atoms with van der Waals surface area (Å²) >= 11 is 0. The summed E-state index contributed by atoms with van der Waals surface area (Å²) in [4.78, 5) is 134. The fourth-order valence-electron chi connectivity index (χ4n) is 19.6. The molecule has 3 unspecified atom stereocenters. The minimum atomic E-state index is -0.855. The second kappa shape index (κ2) is 32.4. The van der Waals surface area contributed by atoms with Gasteiger partial charge in [-0.05, 0) is 146 Å². The molecular weight excluding hydrogens is 1320 g/mol. The Bertz CT molecular complexity index is 3430. The maximum atomic E-state index is 11.9. The molecule has 4 heterocycles. The first-order chi connectivity index (χ1) is 48.6. The molecule has 103 heavy (non-hydrogen) atoms. The van der Waals surface area contributed by atoms with Gasteiger partial charge in [-0.15, -0.1) is 0 Å². The Morgan fingerprint density at radius 2 is 0.961 bits per heavy atom. The summed E-state index contributed by atoms with van der Waals surface area (Å²) in [5, 5.41) is 18.8. The number of rotatable bonds is 6. The third-order valence-electron chi connectivity index (χ3n) is 26.7. The van der Waals surface area contributed by atoms with Crippen LogP contribution in [0.2, 0.25) is 0 Å². The van der Waals surface area contributed by atoms with E-state index in [4.69, 9.17) is 37.9 Å². The van der Waals surface area contributed by atoms with Crippen LogP contribution in [0.25, 0.3) is 0 Å². The molecule has 0 bridgehead atoms. The van der Waals surface area contributed by atoms with E-state index >= 15 is 0 Å². The van der Waals surface area contributed by atoms with Crippen molar-refractivity contribution in [3.63, 3.8) is 0 Å². The van der Waals surface area contributed by atoms with E-state index in [1.807, 2.05) is 13.0 Å². The first kappa shape index (κ1) is 81.4. The lowest BCUT2D eigenvalue weighted by atomic mass is 9.62. The topological polar surface area (TPSA) is 319 Å². The largest absolute Gasteiger partial charge is 0.396 e. The van der Waals surface area contributed by atoms with E-state index < -0.39 is 28.6 Å². The summed E-state index contributed by atoms with van der Waals surface area (Å²) in [7, 11) is 0. The number of fused-ring (bicyclic) bond motifs is 9. The van der Waals surface area contributed by atoms with Gasteiger partial charge in [-0.2, -0.15) is 0 Å². The highest BCUT2D eigenvalue weighted by Crippen LogP contribution is 2.64. The van der Waals surface area contributed by atoms with Gasteiger partial charge in [0.2, 0.25) is 0 Å². The lowest BCUT2D eigenvalue weighted by Gasteiger charge is -2.47. The molecule has 13 fully saturated rings. The molecule has 22 nitrogen and oxygen atoms in total. The molecule has 4 aliphatic heterocycles. The molecule has 16 rings (SSSR count). The van der Waals surface area contributed by atoms with E-state index in [-0.39, 0.29) is 128 Å². The van der Waals surface area contributed by atoms with Crippen molar-refractivity contribution >= 4 is 69.4 Å². The average Bonchev–Trinajstić information content (AvgIpc) is 1.60. The smallest absolute Gasteiger partial charge is 0.177 e. The quantitative estimate of drug-likeness (QED) is 0.184. The van der Waals surface area contributed by atoms with Crippen LogP contribution in [-0.4, -0.2) is 169 Å². The number of carbonyl (C=O) groups excluding carboxylic acids is 12. The van der Waals surface area contributed by atoms with Gasteiger partial charge in [0.1, 0.15) is 40.5 Å². The Balaban J connectivity index is 0.000000139. The summed E-state index contributed by atoms with van der Waals surface area (Å²) in [5.74, 6) is -0.319. The molecule has 0 aromatic rings. The molecule has 4 spiro atoms. The Morgan fingerprint density at radius 1 is 0.495 bits per heavy atom. The summed E-state index contributed by atoms with van der Waals surface area (Å²) in [6, 6.07) is 0. The maximum absolute atomic E-state index is 11.9. The zero-order valence-corrected chi connectivity index (χ0v) is 62.5. The van der Waals surface area contributed by atoms with Crippen LogP contribution in [0.4, 0.5) is 0 Å². The molecule has 0 aromatic carbocycles. The molecule has 0 radical (unpaired) electrons. The average molecular weight is 1440 g/mol. The third-order valence-corrected chi connectivity index (χ3v) is 26.7. The van der Waals surface area contributed by atoms with Crippen LogP contribution in [0, 0.1) is 56.2 Å². The van der Waals surface area contributed by atoms with Crippen molar-refractivity contribution in [3.05, 3.63) is 59.3 Å². The van der Waals surface area contributed by atoms with E-state index in [0.29, 0.717) is 141 Å². The third kappa shape index (κ3) is 15.5. The van der Waals surface area contributed by atoms with Gasteiger partial charge in [-0.1, -0.05) is 52.0 Å². The number of hydrogen-bond acceptors (Lipinski definition) is 22. The number of Topliss-reactive ketones (excluding diaryl/α,β-unsaturated/α-hetero) is 9. The first-order valence-corrected chi connectivity index (χ1v) is 37.7. The summed E-state index contributed by atoms with van der Waals surface area (Å²) < 4.78 is 46.9. The summed E-state index contributed by atoms with van der Waals surface area (Å²) in [6.07, 6.45) is 22.6. The van der Waals surface area contributed by atoms with Crippen LogP contribution in [0.5, 0.6) is 0 Å². The molecule has 2 N–H and O–H groups in total. The fourth-order valence-corrected chi connectivity index (χ4v) is 19.6. The number of aliphatic hydroxyl groups is 2. The second-order valence-electron chi connectivity index (χ2n) is 32.2. The van der Waals surface area contributed by atoms with Crippen molar-refractivity contribution in [3.8, 4) is 0 Å². The van der Waals surface area contributed by atoms with Crippen LogP contribution in [0.3, 0.4) is 0 Å². The molecule has 4 saturated heterocycles. The van der Waals surface area contributed by atoms with Gasteiger partial charge >= 0.3 is 0 Å². The Morgan fingerprint density at radius 3 is 1.48 bits per heavy atom. The highest BCUT2D eigenvalue weighted by Gasteiger charge is 2.67. The number of hydrogen-bond donors (Lipinski definition) is 2. The summed E-state index contributed by atoms with van der Waals surface area (Å²) in [6.45, 7) is 29.2. The van der Waals surface area contributed by atoms with E-state index in [2.05, 4.69) is 40.9 Å². The number of carbonyl (C=O) groups is 12. The number of allylic oxidation sites excluding steroid dienone is 5. The fraction of sp³-hybridized carbons (Fsp3) is 0.728. The van der Waals surface area contributed by atoms with E-state index in [1.54, 1.807) is 19.9 Å².